The number of rotatable bonds is 2. The molecule has 0 unspecified atom stereocenters. The molecule has 1 aromatic carbocycles. The largest absolute Gasteiger partial charge is 0.351 e. The van der Waals surface area contributed by atoms with Crippen molar-refractivity contribution in [1.29, 1.82) is 0 Å². The van der Waals surface area contributed by atoms with E-state index in [2.05, 4.69) is 39.1 Å². The number of anilines is 1. The molecule has 0 aliphatic carbocycles. The highest BCUT2D eigenvalue weighted by Crippen LogP contribution is 2.22. The van der Waals surface area contributed by atoms with Crippen LogP contribution in [-0.2, 0) is 18.8 Å². The Bertz CT molecular complexity index is 554. The number of hydrogen-bond acceptors (Lipinski definition) is 3. The second-order valence-electron chi connectivity index (χ2n) is 4.79. The Morgan fingerprint density at radius 3 is 2.68 bits per heavy atom. The number of fused-ring (bicyclic) bond motifs is 1. The lowest BCUT2D eigenvalue weighted by atomic mass is 10.0. The SMILES string of the molecule is ClCc1cnc(N2CCCc3ccccc3C2)cn1. The number of aryl methyl sites for hydroxylation is 1. The molecule has 3 nitrogen and oxygen atoms in total. The number of benzene rings is 1. The van der Waals surface area contributed by atoms with Crippen LogP contribution in [0.25, 0.3) is 0 Å². The third-order valence-corrected chi connectivity index (χ3v) is 3.78. The van der Waals surface area contributed by atoms with Gasteiger partial charge < -0.3 is 4.90 Å². The van der Waals surface area contributed by atoms with E-state index in [1.165, 1.54) is 11.1 Å². The average molecular weight is 274 g/mol. The predicted molar refractivity (Wildman–Crippen MR) is 77.4 cm³/mol. The normalized spacial score (nSPS) is 14.9. The summed E-state index contributed by atoms with van der Waals surface area (Å²) in [5.41, 5.74) is 3.67. The van der Waals surface area contributed by atoms with Crippen molar-refractivity contribution >= 4 is 17.4 Å². The van der Waals surface area contributed by atoms with Crippen LogP contribution in [0.1, 0.15) is 23.2 Å². The molecule has 4 heteroatoms. The van der Waals surface area contributed by atoms with Crippen molar-refractivity contribution in [3.05, 3.63) is 53.5 Å². The number of hydrogen-bond donors (Lipinski definition) is 0. The minimum absolute atomic E-state index is 0.413. The van der Waals surface area contributed by atoms with Gasteiger partial charge in [-0.2, -0.15) is 0 Å². The first-order chi connectivity index (χ1) is 9.36. The second kappa shape index (κ2) is 5.57. The van der Waals surface area contributed by atoms with Crippen molar-refractivity contribution in [2.45, 2.75) is 25.3 Å². The Morgan fingerprint density at radius 2 is 1.95 bits per heavy atom. The van der Waals surface area contributed by atoms with Crippen LogP contribution >= 0.6 is 11.6 Å². The van der Waals surface area contributed by atoms with E-state index in [1.807, 2.05) is 6.20 Å². The molecule has 0 fully saturated rings. The summed E-state index contributed by atoms with van der Waals surface area (Å²) in [5.74, 6) is 1.35. The van der Waals surface area contributed by atoms with Gasteiger partial charge in [-0.25, -0.2) is 4.98 Å². The fraction of sp³-hybridized carbons (Fsp3) is 0.333. The molecule has 0 radical (unpaired) electrons. The monoisotopic (exact) mass is 273 g/mol. The van der Waals surface area contributed by atoms with Crippen LogP contribution in [0.4, 0.5) is 5.82 Å². The highest BCUT2D eigenvalue weighted by atomic mass is 35.5. The van der Waals surface area contributed by atoms with Crippen LogP contribution in [0, 0.1) is 0 Å². The summed E-state index contributed by atoms with van der Waals surface area (Å²) >= 11 is 5.74. The number of nitrogens with zero attached hydrogens (tertiary/aromatic N) is 3. The Hall–Kier alpha value is -1.61. The zero-order valence-corrected chi connectivity index (χ0v) is 11.5. The number of halogens is 1. The molecule has 1 aliphatic rings. The van der Waals surface area contributed by atoms with Crippen molar-refractivity contribution < 1.29 is 0 Å². The molecule has 0 atom stereocenters. The fourth-order valence-electron chi connectivity index (χ4n) is 2.48. The first-order valence-corrected chi connectivity index (χ1v) is 7.09. The van der Waals surface area contributed by atoms with Crippen molar-refractivity contribution in [2.24, 2.45) is 0 Å². The molecule has 0 bridgehead atoms. The van der Waals surface area contributed by atoms with Crippen LogP contribution in [0.5, 0.6) is 0 Å². The van der Waals surface area contributed by atoms with Crippen molar-refractivity contribution in [1.82, 2.24) is 9.97 Å². The Morgan fingerprint density at radius 1 is 1.11 bits per heavy atom. The van der Waals surface area contributed by atoms with Crippen LogP contribution in [0.2, 0.25) is 0 Å². The Labute approximate surface area is 118 Å². The quantitative estimate of drug-likeness (QED) is 0.787. The van der Waals surface area contributed by atoms with Crippen LogP contribution in [0.3, 0.4) is 0 Å². The summed E-state index contributed by atoms with van der Waals surface area (Å²) in [7, 11) is 0. The molecule has 0 saturated carbocycles. The van der Waals surface area contributed by atoms with Crippen molar-refractivity contribution in [3.63, 3.8) is 0 Å². The van der Waals surface area contributed by atoms with Gasteiger partial charge in [-0.3, -0.25) is 4.98 Å². The molecular weight excluding hydrogens is 258 g/mol. The van der Waals surface area contributed by atoms with E-state index >= 15 is 0 Å². The molecule has 2 aromatic rings. The van der Waals surface area contributed by atoms with Crippen molar-refractivity contribution in [3.8, 4) is 0 Å². The van der Waals surface area contributed by atoms with E-state index in [4.69, 9.17) is 11.6 Å². The minimum Gasteiger partial charge on any atom is -0.351 e. The van der Waals surface area contributed by atoms with E-state index in [0.717, 1.165) is 37.4 Å². The third kappa shape index (κ3) is 2.71. The molecular formula is C15H16ClN3. The number of aromatic nitrogens is 2. The van der Waals surface area contributed by atoms with E-state index in [0.29, 0.717) is 5.88 Å². The lowest BCUT2D eigenvalue weighted by Gasteiger charge is -2.21. The summed E-state index contributed by atoms with van der Waals surface area (Å²) in [5, 5.41) is 0. The maximum Gasteiger partial charge on any atom is 0.147 e. The summed E-state index contributed by atoms with van der Waals surface area (Å²) in [6, 6.07) is 8.64. The topological polar surface area (TPSA) is 29.0 Å². The highest BCUT2D eigenvalue weighted by molar-refractivity contribution is 6.16. The van der Waals surface area contributed by atoms with E-state index in [-0.39, 0.29) is 0 Å². The molecule has 19 heavy (non-hydrogen) atoms. The Balaban J connectivity index is 1.85. The molecule has 2 heterocycles. The molecule has 1 aromatic heterocycles. The standard InChI is InChI=1S/C15H16ClN3/c16-8-14-9-18-15(10-17-14)19-7-3-6-12-4-1-2-5-13(12)11-19/h1-2,4-5,9-10H,3,6-8,11H2. The molecule has 0 saturated heterocycles. The molecule has 0 spiro atoms. The van der Waals surface area contributed by atoms with E-state index < -0.39 is 0 Å². The predicted octanol–water partition coefficient (Wildman–Crippen LogP) is 3.17. The van der Waals surface area contributed by atoms with Gasteiger partial charge in [0, 0.05) is 13.1 Å². The van der Waals surface area contributed by atoms with Gasteiger partial charge in [-0.15, -0.1) is 11.6 Å². The first kappa shape index (κ1) is 12.4. The summed E-state index contributed by atoms with van der Waals surface area (Å²) in [4.78, 5) is 11.1. The summed E-state index contributed by atoms with van der Waals surface area (Å²) in [6.45, 7) is 1.93. The average Bonchev–Trinajstić information content (AvgIpc) is 2.69. The smallest absolute Gasteiger partial charge is 0.147 e. The highest BCUT2D eigenvalue weighted by Gasteiger charge is 2.15. The molecule has 98 valence electrons. The zero-order valence-electron chi connectivity index (χ0n) is 10.7. The first-order valence-electron chi connectivity index (χ1n) is 6.55. The van der Waals surface area contributed by atoms with Gasteiger partial charge >= 0.3 is 0 Å². The fourth-order valence-corrected chi connectivity index (χ4v) is 2.61. The van der Waals surface area contributed by atoms with Crippen LogP contribution in [0.15, 0.2) is 36.7 Å². The maximum atomic E-state index is 5.74. The summed E-state index contributed by atoms with van der Waals surface area (Å²) in [6.07, 6.45) is 5.88. The van der Waals surface area contributed by atoms with Crippen LogP contribution in [-0.4, -0.2) is 16.5 Å². The molecule has 0 N–H and O–H groups in total. The van der Waals surface area contributed by atoms with Gasteiger partial charge in [0.05, 0.1) is 24.0 Å². The maximum absolute atomic E-state index is 5.74. The van der Waals surface area contributed by atoms with Gasteiger partial charge in [0.15, 0.2) is 0 Å². The Kier molecular flexibility index (Phi) is 3.65. The molecule has 3 rings (SSSR count). The van der Waals surface area contributed by atoms with E-state index in [9.17, 15) is 0 Å². The van der Waals surface area contributed by atoms with Gasteiger partial charge in [0.1, 0.15) is 5.82 Å². The second-order valence-corrected chi connectivity index (χ2v) is 5.06. The summed E-state index contributed by atoms with van der Waals surface area (Å²) < 4.78 is 0. The van der Waals surface area contributed by atoms with Gasteiger partial charge in [0.25, 0.3) is 0 Å². The van der Waals surface area contributed by atoms with E-state index in [1.54, 1.807) is 6.20 Å². The van der Waals surface area contributed by atoms with Crippen molar-refractivity contribution in [2.75, 3.05) is 11.4 Å². The lowest BCUT2D eigenvalue weighted by molar-refractivity contribution is 0.751. The molecule has 0 amide bonds. The van der Waals surface area contributed by atoms with Gasteiger partial charge in [-0.05, 0) is 24.0 Å². The molecule has 1 aliphatic heterocycles. The minimum atomic E-state index is 0.413. The van der Waals surface area contributed by atoms with Crippen LogP contribution < -0.4 is 4.90 Å². The lowest BCUT2D eigenvalue weighted by Crippen LogP contribution is -2.23. The van der Waals surface area contributed by atoms with Gasteiger partial charge in [-0.1, -0.05) is 24.3 Å². The number of alkyl halides is 1. The van der Waals surface area contributed by atoms with Gasteiger partial charge in [0.2, 0.25) is 0 Å². The zero-order chi connectivity index (χ0) is 13.1. The third-order valence-electron chi connectivity index (χ3n) is 3.51.